The molecule has 0 amide bonds. The van der Waals surface area contributed by atoms with Gasteiger partial charge in [0.2, 0.25) is 0 Å². The molecule has 3 aromatic rings. The number of alkyl halides is 1. The highest BCUT2D eigenvalue weighted by molar-refractivity contribution is 9.11. The van der Waals surface area contributed by atoms with Crippen LogP contribution in [0.25, 0.3) is 10.1 Å². The van der Waals surface area contributed by atoms with Crippen LogP contribution in [0, 0.1) is 0 Å². The fourth-order valence-electron chi connectivity index (χ4n) is 2.20. The molecule has 0 aliphatic rings. The van der Waals surface area contributed by atoms with Crippen molar-refractivity contribution in [1.82, 2.24) is 0 Å². The van der Waals surface area contributed by atoms with E-state index in [4.69, 9.17) is 4.74 Å². The highest BCUT2D eigenvalue weighted by Gasteiger charge is 2.17. The average Bonchev–Trinajstić information content (AvgIpc) is 2.90. The SMILES string of the molecule is COc1ccc(C(Br)c2csc3ccccc23)c(Br)c1. The smallest absolute Gasteiger partial charge is 0.120 e. The van der Waals surface area contributed by atoms with Gasteiger partial charge in [0.15, 0.2) is 0 Å². The van der Waals surface area contributed by atoms with Crippen molar-refractivity contribution in [1.29, 1.82) is 0 Å². The van der Waals surface area contributed by atoms with E-state index < -0.39 is 0 Å². The van der Waals surface area contributed by atoms with Crippen molar-refractivity contribution in [2.45, 2.75) is 4.83 Å². The Kier molecular flexibility index (Phi) is 4.15. The molecular weight excluding hydrogens is 400 g/mol. The first-order valence-electron chi connectivity index (χ1n) is 6.14. The summed E-state index contributed by atoms with van der Waals surface area (Å²) in [5.74, 6) is 0.857. The van der Waals surface area contributed by atoms with Gasteiger partial charge in [0.05, 0.1) is 11.9 Å². The van der Waals surface area contributed by atoms with Gasteiger partial charge < -0.3 is 4.74 Å². The molecule has 1 nitrogen and oxygen atoms in total. The molecule has 1 unspecified atom stereocenters. The number of thiophene rings is 1. The van der Waals surface area contributed by atoms with Crippen LogP contribution >= 0.6 is 43.2 Å². The fourth-order valence-corrected chi connectivity index (χ4v) is 5.04. The zero-order valence-corrected chi connectivity index (χ0v) is 14.8. The van der Waals surface area contributed by atoms with Crippen molar-refractivity contribution in [2.24, 2.45) is 0 Å². The van der Waals surface area contributed by atoms with E-state index in [0.29, 0.717) is 0 Å². The van der Waals surface area contributed by atoms with E-state index in [0.717, 1.165) is 10.2 Å². The molecule has 0 N–H and O–H groups in total. The molecule has 3 rings (SSSR count). The molecule has 0 aliphatic heterocycles. The number of rotatable bonds is 3. The summed E-state index contributed by atoms with van der Waals surface area (Å²) in [6, 6.07) is 14.6. The molecule has 20 heavy (non-hydrogen) atoms. The second-order valence-corrected chi connectivity index (χ2v) is 7.12. The molecule has 0 aliphatic carbocycles. The number of ether oxygens (including phenoxy) is 1. The van der Waals surface area contributed by atoms with Gasteiger partial charge in [0, 0.05) is 9.17 Å². The average molecular weight is 412 g/mol. The molecule has 2 aromatic carbocycles. The van der Waals surface area contributed by atoms with Gasteiger partial charge in [-0.15, -0.1) is 11.3 Å². The van der Waals surface area contributed by atoms with Gasteiger partial charge in [0.25, 0.3) is 0 Å². The van der Waals surface area contributed by atoms with Crippen molar-refractivity contribution < 1.29 is 4.74 Å². The lowest BCUT2D eigenvalue weighted by molar-refractivity contribution is 0.414. The van der Waals surface area contributed by atoms with E-state index in [1.54, 1.807) is 18.4 Å². The van der Waals surface area contributed by atoms with Crippen LogP contribution < -0.4 is 4.74 Å². The predicted molar refractivity (Wildman–Crippen MR) is 93.3 cm³/mol. The summed E-state index contributed by atoms with van der Waals surface area (Å²) in [7, 11) is 1.68. The lowest BCUT2D eigenvalue weighted by atomic mass is 10.0. The number of fused-ring (bicyclic) bond motifs is 1. The first-order chi connectivity index (χ1) is 9.70. The summed E-state index contributed by atoms with van der Waals surface area (Å²) in [6.07, 6.45) is 0. The number of hydrogen-bond donors (Lipinski definition) is 0. The molecule has 1 heterocycles. The first-order valence-corrected chi connectivity index (χ1v) is 8.73. The summed E-state index contributed by atoms with van der Waals surface area (Å²) in [4.78, 5) is 0.166. The van der Waals surface area contributed by atoms with Crippen molar-refractivity contribution in [2.75, 3.05) is 7.11 Å². The van der Waals surface area contributed by atoms with Crippen LogP contribution in [-0.4, -0.2) is 7.11 Å². The van der Waals surface area contributed by atoms with Gasteiger partial charge in [-0.3, -0.25) is 0 Å². The molecule has 0 bridgehead atoms. The van der Waals surface area contributed by atoms with Crippen LogP contribution in [0.2, 0.25) is 0 Å². The molecule has 0 spiro atoms. The van der Waals surface area contributed by atoms with E-state index in [9.17, 15) is 0 Å². The van der Waals surface area contributed by atoms with Gasteiger partial charge in [-0.25, -0.2) is 0 Å². The van der Waals surface area contributed by atoms with Crippen LogP contribution in [0.5, 0.6) is 5.75 Å². The number of halogens is 2. The molecule has 0 saturated heterocycles. The van der Waals surface area contributed by atoms with Crippen LogP contribution in [0.4, 0.5) is 0 Å². The molecule has 1 aromatic heterocycles. The summed E-state index contributed by atoms with van der Waals surface area (Å²) < 4.78 is 7.61. The second kappa shape index (κ2) is 5.88. The zero-order chi connectivity index (χ0) is 14.1. The molecule has 0 radical (unpaired) electrons. The van der Waals surface area contributed by atoms with Gasteiger partial charge in [-0.2, -0.15) is 0 Å². The van der Waals surface area contributed by atoms with Crippen molar-refractivity contribution in [3.8, 4) is 5.75 Å². The maximum absolute atomic E-state index is 5.25. The largest absolute Gasteiger partial charge is 0.497 e. The predicted octanol–water partition coefficient (Wildman–Crippen LogP) is 6.16. The van der Waals surface area contributed by atoms with E-state index in [-0.39, 0.29) is 4.83 Å². The second-order valence-electron chi connectivity index (χ2n) is 4.44. The lowest BCUT2D eigenvalue weighted by Gasteiger charge is -2.13. The van der Waals surface area contributed by atoms with E-state index >= 15 is 0 Å². The Morgan fingerprint density at radius 2 is 1.90 bits per heavy atom. The van der Waals surface area contributed by atoms with E-state index in [1.165, 1.54) is 21.2 Å². The summed E-state index contributed by atoms with van der Waals surface area (Å²) >= 11 is 9.24. The zero-order valence-electron chi connectivity index (χ0n) is 10.8. The molecular formula is C16H12Br2OS. The van der Waals surface area contributed by atoms with Crippen LogP contribution in [0.15, 0.2) is 52.3 Å². The summed E-state index contributed by atoms with van der Waals surface area (Å²) in [5, 5.41) is 3.53. The van der Waals surface area contributed by atoms with Gasteiger partial charge in [-0.05, 0) is 40.1 Å². The third kappa shape index (κ3) is 2.52. The summed E-state index contributed by atoms with van der Waals surface area (Å²) in [6.45, 7) is 0. The number of benzene rings is 2. The third-order valence-corrected chi connectivity index (χ3v) is 5.92. The Bertz CT molecular complexity index is 751. The minimum absolute atomic E-state index is 0.166. The van der Waals surface area contributed by atoms with Crippen LogP contribution in [0.1, 0.15) is 16.0 Å². The quantitative estimate of drug-likeness (QED) is 0.469. The molecule has 1 atom stereocenters. The van der Waals surface area contributed by atoms with Crippen LogP contribution in [-0.2, 0) is 0 Å². The Balaban J connectivity index is 2.06. The van der Waals surface area contributed by atoms with Crippen molar-refractivity contribution in [3.05, 3.63) is 63.4 Å². The highest BCUT2D eigenvalue weighted by Crippen LogP contribution is 2.41. The molecule has 4 heteroatoms. The van der Waals surface area contributed by atoms with E-state index in [1.807, 2.05) is 12.1 Å². The highest BCUT2D eigenvalue weighted by atomic mass is 79.9. The third-order valence-electron chi connectivity index (χ3n) is 3.26. The lowest BCUT2D eigenvalue weighted by Crippen LogP contribution is -1.94. The molecule has 102 valence electrons. The minimum Gasteiger partial charge on any atom is -0.497 e. The number of methoxy groups -OCH3 is 1. The monoisotopic (exact) mass is 410 g/mol. The van der Waals surface area contributed by atoms with Gasteiger partial charge in [0.1, 0.15) is 5.75 Å². The first kappa shape index (κ1) is 14.1. The van der Waals surface area contributed by atoms with Crippen LogP contribution in [0.3, 0.4) is 0 Å². The van der Waals surface area contributed by atoms with Gasteiger partial charge in [-0.1, -0.05) is 56.1 Å². The van der Waals surface area contributed by atoms with E-state index in [2.05, 4.69) is 67.6 Å². The topological polar surface area (TPSA) is 9.23 Å². The number of hydrogen-bond acceptors (Lipinski definition) is 2. The normalized spacial score (nSPS) is 12.6. The molecule has 0 saturated carbocycles. The molecule has 0 fully saturated rings. The minimum atomic E-state index is 0.166. The Morgan fingerprint density at radius 3 is 2.65 bits per heavy atom. The van der Waals surface area contributed by atoms with Gasteiger partial charge >= 0.3 is 0 Å². The Hall–Kier alpha value is -0.840. The Morgan fingerprint density at radius 1 is 1.10 bits per heavy atom. The fraction of sp³-hybridized carbons (Fsp3) is 0.125. The maximum atomic E-state index is 5.25. The Labute approximate surface area is 138 Å². The van der Waals surface area contributed by atoms with Crippen molar-refractivity contribution in [3.63, 3.8) is 0 Å². The maximum Gasteiger partial charge on any atom is 0.120 e. The van der Waals surface area contributed by atoms with Crippen molar-refractivity contribution >= 4 is 53.3 Å². The summed E-state index contributed by atoms with van der Waals surface area (Å²) in [5.41, 5.74) is 2.51. The standard InChI is InChI=1S/C16H12Br2OS/c1-19-10-6-7-12(14(17)8-10)16(18)13-9-20-15-5-3-2-4-11(13)15/h2-9,16H,1H3.